The number of benzene rings is 3. The topological polar surface area (TPSA) is 70.1 Å². The first-order valence-corrected chi connectivity index (χ1v) is 13.6. The van der Waals surface area contributed by atoms with E-state index in [1.165, 1.54) is 41.4 Å². The fraction of sp³-hybridized carbons (Fsp3) is 0.308. The second-order valence-corrected chi connectivity index (χ2v) is 11.2. The molecule has 1 fully saturated rings. The van der Waals surface area contributed by atoms with E-state index in [1.807, 2.05) is 0 Å². The summed E-state index contributed by atoms with van der Waals surface area (Å²) in [5.74, 6) is 0.727. The molecule has 0 aromatic heterocycles. The quantitative estimate of drug-likeness (QED) is 0.371. The number of halogens is 2. The van der Waals surface area contributed by atoms with Crippen molar-refractivity contribution in [1.29, 1.82) is 0 Å². The Balaban J connectivity index is 1.62. The molecule has 3 aromatic rings. The molecule has 0 saturated carbocycles. The summed E-state index contributed by atoms with van der Waals surface area (Å²) in [6.07, 6.45) is 2.46. The van der Waals surface area contributed by atoms with Crippen molar-refractivity contribution in [2.75, 3.05) is 30.5 Å². The Kier molecular flexibility index (Phi) is 8.12. The van der Waals surface area contributed by atoms with Crippen molar-refractivity contribution in [2.24, 2.45) is 0 Å². The molecular weight excluding hydrogens is 507 g/mol. The lowest BCUT2D eigenvalue weighted by Gasteiger charge is -2.26. The normalized spacial score (nSPS) is 14.3. The summed E-state index contributed by atoms with van der Waals surface area (Å²) >= 11 is 12.5. The van der Waals surface area contributed by atoms with Crippen LogP contribution in [0.4, 0.5) is 5.69 Å². The smallest absolute Gasteiger partial charge is 0.266 e. The van der Waals surface area contributed by atoms with Crippen LogP contribution >= 0.6 is 23.2 Å². The number of phenolic OH excluding ortho intramolecular Hbond substituents is 1. The predicted molar refractivity (Wildman–Crippen MR) is 140 cm³/mol. The Bertz CT molecular complexity index is 1280. The van der Waals surface area contributed by atoms with Crippen LogP contribution in [0, 0.1) is 6.92 Å². The number of nitrogens with zero attached hydrogens (tertiary/aromatic N) is 2. The molecule has 0 amide bonds. The molecule has 1 saturated heterocycles. The monoisotopic (exact) mass is 534 g/mol. The molecule has 0 atom stereocenters. The summed E-state index contributed by atoms with van der Waals surface area (Å²) in [5, 5.41) is 10.3. The van der Waals surface area contributed by atoms with Gasteiger partial charge < -0.3 is 9.84 Å². The number of hydrogen-bond acceptors (Lipinski definition) is 5. The minimum Gasteiger partial charge on any atom is -0.508 e. The Labute approximate surface area is 216 Å². The summed E-state index contributed by atoms with van der Waals surface area (Å²) in [5.41, 5.74) is 1.68. The molecule has 0 spiro atoms. The van der Waals surface area contributed by atoms with Gasteiger partial charge in [0.15, 0.2) is 0 Å². The molecule has 0 bridgehead atoms. The molecule has 35 heavy (non-hydrogen) atoms. The molecule has 0 unspecified atom stereocenters. The van der Waals surface area contributed by atoms with Gasteiger partial charge in [-0.3, -0.25) is 9.21 Å². The maximum absolute atomic E-state index is 13.8. The van der Waals surface area contributed by atoms with Crippen LogP contribution in [-0.2, 0) is 16.6 Å². The highest BCUT2D eigenvalue weighted by Gasteiger charge is 2.28. The summed E-state index contributed by atoms with van der Waals surface area (Å²) < 4.78 is 34.8. The number of likely N-dealkylation sites (tertiary alicyclic amines) is 1. The summed E-state index contributed by atoms with van der Waals surface area (Å²) in [6.45, 7) is 5.39. The second-order valence-electron chi connectivity index (χ2n) is 8.60. The zero-order valence-corrected chi connectivity index (χ0v) is 21.8. The molecule has 9 heteroatoms. The van der Waals surface area contributed by atoms with Crippen LogP contribution in [0.1, 0.15) is 24.0 Å². The van der Waals surface area contributed by atoms with Gasteiger partial charge in [-0.05, 0) is 92.5 Å². The first-order chi connectivity index (χ1) is 16.7. The van der Waals surface area contributed by atoms with E-state index in [0.29, 0.717) is 34.2 Å². The Morgan fingerprint density at radius 1 is 1.00 bits per heavy atom. The largest absolute Gasteiger partial charge is 0.508 e. The van der Waals surface area contributed by atoms with Crippen LogP contribution in [0.25, 0.3) is 0 Å². The fourth-order valence-corrected chi connectivity index (χ4v) is 6.35. The van der Waals surface area contributed by atoms with Crippen LogP contribution in [0.2, 0.25) is 10.0 Å². The molecule has 1 N–H and O–H groups in total. The minimum atomic E-state index is -4.06. The van der Waals surface area contributed by atoms with Gasteiger partial charge >= 0.3 is 0 Å². The van der Waals surface area contributed by atoms with Gasteiger partial charge in [-0.2, -0.15) is 0 Å². The van der Waals surface area contributed by atoms with Gasteiger partial charge in [-0.15, -0.1) is 0 Å². The first kappa shape index (κ1) is 25.6. The van der Waals surface area contributed by atoms with E-state index < -0.39 is 10.0 Å². The average molecular weight is 535 g/mol. The zero-order valence-electron chi connectivity index (χ0n) is 19.5. The molecule has 3 aromatic carbocycles. The Hall–Kier alpha value is -2.45. The zero-order chi connectivity index (χ0) is 25.0. The summed E-state index contributed by atoms with van der Waals surface area (Å²) in [6, 6.07) is 16.4. The highest BCUT2D eigenvalue weighted by molar-refractivity contribution is 7.93. The highest BCUT2D eigenvalue weighted by atomic mass is 35.5. The number of phenols is 1. The molecular formula is C26H28Cl2N2O4S. The van der Waals surface area contributed by atoms with Crippen molar-refractivity contribution in [1.82, 2.24) is 4.90 Å². The lowest BCUT2D eigenvalue weighted by atomic mass is 10.2. The molecule has 1 aliphatic heterocycles. The number of rotatable bonds is 9. The number of sulfonamides is 1. The van der Waals surface area contributed by atoms with Gasteiger partial charge in [0.1, 0.15) is 23.0 Å². The number of anilines is 1. The number of hydrogen-bond donors (Lipinski definition) is 1. The van der Waals surface area contributed by atoms with E-state index in [4.69, 9.17) is 27.9 Å². The van der Waals surface area contributed by atoms with Gasteiger partial charge in [0, 0.05) is 11.6 Å². The molecule has 0 radical (unpaired) electrons. The number of aryl methyl sites for hydroxylation is 1. The molecule has 1 aliphatic rings. The van der Waals surface area contributed by atoms with Gasteiger partial charge in [0.25, 0.3) is 10.0 Å². The second kappa shape index (κ2) is 11.1. The summed E-state index contributed by atoms with van der Waals surface area (Å²) in [4.78, 5) is 2.34. The fourth-order valence-electron chi connectivity index (χ4n) is 4.09. The van der Waals surface area contributed by atoms with Crippen molar-refractivity contribution >= 4 is 38.9 Å². The van der Waals surface area contributed by atoms with Crippen LogP contribution in [0.3, 0.4) is 0 Å². The predicted octanol–water partition coefficient (Wildman–Crippen LogP) is 5.88. The van der Waals surface area contributed by atoms with Crippen LogP contribution in [0.15, 0.2) is 65.6 Å². The van der Waals surface area contributed by atoms with Crippen LogP contribution in [-0.4, -0.2) is 44.7 Å². The van der Waals surface area contributed by atoms with Crippen molar-refractivity contribution in [3.8, 4) is 11.5 Å². The van der Waals surface area contributed by atoms with E-state index in [1.54, 1.807) is 43.3 Å². The van der Waals surface area contributed by atoms with Gasteiger partial charge in [-0.25, -0.2) is 8.42 Å². The van der Waals surface area contributed by atoms with Crippen molar-refractivity contribution < 1.29 is 18.3 Å². The SMILES string of the molecule is Cc1cc(S(=O)(=O)N(Cc2cccc(O)c2)c2ccc(OCCN3CCCC3)cc2)c(Cl)cc1Cl. The maximum Gasteiger partial charge on any atom is 0.266 e. The van der Waals surface area contributed by atoms with E-state index in [9.17, 15) is 13.5 Å². The van der Waals surface area contributed by atoms with E-state index in [-0.39, 0.29) is 22.2 Å². The van der Waals surface area contributed by atoms with E-state index in [2.05, 4.69) is 4.90 Å². The van der Waals surface area contributed by atoms with Gasteiger partial charge in [0.2, 0.25) is 0 Å². The molecule has 1 heterocycles. The minimum absolute atomic E-state index is 0.00387. The van der Waals surface area contributed by atoms with Crippen LogP contribution < -0.4 is 9.04 Å². The van der Waals surface area contributed by atoms with E-state index >= 15 is 0 Å². The average Bonchev–Trinajstić information content (AvgIpc) is 3.34. The summed E-state index contributed by atoms with van der Waals surface area (Å²) in [7, 11) is -4.06. The van der Waals surface area contributed by atoms with Crippen molar-refractivity contribution in [3.63, 3.8) is 0 Å². The third-order valence-corrected chi connectivity index (χ3v) is 8.66. The molecule has 186 valence electrons. The first-order valence-electron chi connectivity index (χ1n) is 11.5. The molecule has 6 nitrogen and oxygen atoms in total. The van der Waals surface area contributed by atoms with Crippen LogP contribution in [0.5, 0.6) is 11.5 Å². The Morgan fingerprint density at radius 2 is 1.71 bits per heavy atom. The third kappa shape index (κ3) is 6.22. The van der Waals surface area contributed by atoms with E-state index in [0.717, 1.165) is 19.6 Å². The van der Waals surface area contributed by atoms with Crippen molar-refractivity contribution in [2.45, 2.75) is 31.2 Å². The van der Waals surface area contributed by atoms with Crippen molar-refractivity contribution in [3.05, 3.63) is 81.8 Å². The molecule has 0 aliphatic carbocycles. The number of ether oxygens (including phenoxy) is 1. The lowest BCUT2D eigenvalue weighted by Crippen LogP contribution is -2.31. The highest BCUT2D eigenvalue weighted by Crippen LogP contribution is 2.34. The number of aromatic hydroxyl groups is 1. The third-order valence-electron chi connectivity index (χ3n) is 6.02. The van der Waals surface area contributed by atoms with Gasteiger partial charge in [0.05, 0.1) is 17.3 Å². The standard InChI is InChI=1S/C26H28Cl2N2O4S/c1-19-15-26(25(28)17-24(19)27)35(32,33)30(18-20-5-4-6-22(31)16-20)21-7-9-23(10-8-21)34-14-13-29-11-2-3-12-29/h4-10,15-17,31H,2-3,11-14,18H2,1H3. The Morgan fingerprint density at radius 3 is 2.40 bits per heavy atom. The molecule has 4 rings (SSSR count). The van der Waals surface area contributed by atoms with Gasteiger partial charge in [-0.1, -0.05) is 35.3 Å². The lowest BCUT2D eigenvalue weighted by molar-refractivity contribution is 0.238. The maximum atomic E-state index is 13.8.